The predicted octanol–water partition coefficient (Wildman–Crippen LogP) is 1.99. The Labute approximate surface area is 188 Å². The number of ether oxygens (including phenoxy) is 1. The second-order valence-electron chi connectivity index (χ2n) is 8.13. The number of rotatable bonds is 6. The topological polar surface area (TPSA) is 84.0 Å². The molecule has 0 spiro atoms. The maximum Gasteiger partial charge on any atom is 0.183 e. The van der Waals surface area contributed by atoms with Gasteiger partial charge in [0, 0.05) is 37.9 Å². The number of hydrogen-bond donors (Lipinski definition) is 0. The van der Waals surface area contributed by atoms with E-state index in [0.29, 0.717) is 38.5 Å². The molecule has 2 aliphatic rings. The first kappa shape index (κ1) is 23.0. The molecule has 0 bridgehead atoms. The van der Waals surface area contributed by atoms with Crippen molar-refractivity contribution in [1.82, 2.24) is 4.90 Å². The van der Waals surface area contributed by atoms with Gasteiger partial charge in [-0.2, -0.15) is 0 Å². The van der Waals surface area contributed by atoms with Gasteiger partial charge in [0.1, 0.15) is 11.6 Å². The second kappa shape index (κ2) is 8.99. The van der Waals surface area contributed by atoms with Crippen LogP contribution in [-0.4, -0.2) is 77.3 Å². The summed E-state index contributed by atoms with van der Waals surface area (Å²) in [6.07, 6.45) is 0. The van der Waals surface area contributed by atoms with Crippen molar-refractivity contribution >= 4 is 25.4 Å². The van der Waals surface area contributed by atoms with E-state index in [0.717, 1.165) is 5.69 Å². The average molecular weight is 483 g/mol. The molecule has 2 atom stereocenters. The lowest BCUT2D eigenvalue weighted by Gasteiger charge is -2.40. The maximum absolute atomic E-state index is 13.4. The summed E-state index contributed by atoms with van der Waals surface area (Å²) in [4.78, 5) is 4.18. The standard InChI is InChI=1S/C22H27FN2O5S2/c1-2-30-19-7-9-20(10-8-19)32(28,29)22-16-31(26,27)15-21(22)25-13-11-24(12-14-25)18-5-3-17(23)4-6-18/h3-10,21-22H,2,11-16H2,1H3/t21-,22-/m1/s1. The van der Waals surface area contributed by atoms with E-state index >= 15 is 0 Å². The van der Waals surface area contributed by atoms with E-state index < -0.39 is 31.0 Å². The van der Waals surface area contributed by atoms with Gasteiger partial charge in [-0.1, -0.05) is 0 Å². The van der Waals surface area contributed by atoms with E-state index in [2.05, 4.69) is 4.90 Å². The van der Waals surface area contributed by atoms with Gasteiger partial charge in [0.15, 0.2) is 19.7 Å². The smallest absolute Gasteiger partial charge is 0.183 e. The zero-order valence-electron chi connectivity index (χ0n) is 17.9. The molecule has 32 heavy (non-hydrogen) atoms. The highest BCUT2D eigenvalue weighted by molar-refractivity contribution is 7.96. The van der Waals surface area contributed by atoms with Crippen molar-refractivity contribution in [1.29, 1.82) is 0 Å². The molecular weight excluding hydrogens is 455 g/mol. The van der Waals surface area contributed by atoms with Gasteiger partial charge in [-0.25, -0.2) is 21.2 Å². The molecule has 10 heteroatoms. The van der Waals surface area contributed by atoms with Crippen molar-refractivity contribution in [3.8, 4) is 5.75 Å². The summed E-state index contributed by atoms with van der Waals surface area (Å²) in [6.45, 7) is 4.60. The molecule has 4 rings (SSSR count). The number of piperazine rings is 1. The monoisotopic (exact) mass is 482 g/mol. The van der Waals surface area contributed by atoms with Crippen LogP contribution in [0.2, 0.25) is 0 Å². The molecule has 174 valence electrons. The molecule has 2 heterocycles. The predicted molar refractivity (Wildman–Crippen MR) is 121 cm³/mol. The molecule has 0 saturated carbocycles. The largest absolute Gasteiger partial charge is 0.494 e. The first-order valence-corrected chi connectivity index (χ1v) is 14.0. The fourth-order valence-corrected chi connectivity index (χ4v) is 9.29. The molecule has 7 nitrogen and oxygen atoms in total. The van der Waals surface area contributed by atoms with E-state index in [1.807, 2.05) is 11.8 Å². The van der Waals surface area contributed by atoms with Crippen LogP contribution in [0.1, 0.15) is 6.92 Å². The third kappa shape index (κ3) is 4.77. The Morgan fingerprint density at radius 3 is 2.19 bits per heavy atom. The number of benzene rings is 2. The van der Waals surface area contributed by atoms with Gasteiger partial charge in [0.2, 0.25) is 0 Å². The summed E-state index contributed by atoms with van der Waals surface area (Å²) in [6, 6.07) is 11.8. The number of hydrogen-bond acceptors (Lipinski definition) is 7. The molecule has 2 saturated heterocycles. The minimum Gasteiger partial charge on any atom is -0.494 e. The molecule has 0 aliphatic carbocycles. The van der Waals surface area contributed by atoms with Crippen LogP contribution in [0.3, 0.4) is 0 Å². The van der Waals surface area contributed by atoms with Crippen molar-refractivity contribution < 1.29 is 26.0 Å². The molecular formula is C22H27FN2O5S2. The molecule has 2 aromatic rings. The lowest BCUT2D eigenvalue weighted by molar-refractivity contribution is 0.201. The fourth-order valence-electron chi connectivity index (χ4n) is 4.46. The molecule has 2 fully saturated rings. The number of nitrogens with zero attached hydrogens (tertiary/aromatic N) is 2. The second-order valence-corrected chi connectivity index (χ2v) is 12.5. The van der Waals surface area contributed by atoms with Gasteiger partial charge in [0.25, 0.3) is 0 Å². The van der Waals surface area contributed by atoms with Gasteiger partial charge in [-0.05, 0) is 55.5 Å². The highest BCUT2D eigenvalue weighted by Gasteiger charge is 2.48. The van der Waals surface area contributed by atoms with Crippen LogP contribution in [-0.2, 0) is 19.7 Å². The first-order chi connectivity index (χ1) is 15.2. The summed E-state index contributed by atoms with van der Waals surface area (Å²) in [7, 11) is -7.32. The van der Waals surface area contributed by atoms with E-state index in [4.69, 9.17) is 4.74 Å². The van der Waals surface area contributed by atoms with Crippen LogP contribution in [0.4, 0.5) is 10.1 Å². The van der Waals surface area contributed by atoms with Crippen molar-refractivity contribution in [2.75, 3.05) is 49.2 Å². The highest BCUT2D eigenvalue weighted by atomic mass is 32.2. The van der Waals surface area contributed by atoms with Crippen molar-refractivity contribution in [2.24, 2.45) is 0 Å². The summed E-state index contributed by atoms with van der Waals surface area (Å²) >= 11 is 0. The number of anilines is 1. The van der Waals surface area contributed by atoms with Gasteiger partial charge in [-0.3, -0.25) is 4.90 Å². The molecule has 2 aromatic carbocycles. The van der Waals surface area contributed by atoms with Crippen LogP contribution in [0, 0.1) is 5.82 Å². The summed E-state index contributed by atoms with van der Waals surface area (Å²) in [5, 5.41) is -1.01. The SMILES string of the molecule is CCOc1ccc(S(=O)(=O)[C@@H]2CS(=O)(=O)C[C@H]2N2CCN(c3ccc(F)cc3)CC2)cc1. The third-order valence-corrected chi connectivity index (χ3v) is 10.2. The Kier molecular flexibility index (Phi) is 6.46. The van der Waals surface area contributed by atoms with E-state index in [1.165, 1.54) is 24.3 Å². The Morgan fingerprint density at radius 1 is 0.969 bits per heavy atom. The van der Waals surface area contributed by atoms with Gasteiger partial charge >= 0.3 is 0 Å². The van der Waals surface area contributed by atoms with E-state index in [-0.39, 0.29) is 22.2 Å². The minimum absolute atomic E-state index is 0.109. The normalized spacial score (nSPS) is 23.9. The van der Waals surface area contributed by atoms with Crippen LogP contribution in [0.15, 0.2) is 53.4 Å². The summed E-state index contributed by atoms with van der Waals surface area (Å²) in [5.41, 5.74) is 0.892. The lowest BCUT2D eigenvalue weighted by atomic mass is 10.1. The zero-order valence-corrected chi connectivity index (χ0v) is 19.5. The Bertz CT molecular complexity index is 1140. The quantitative estimate of drug-likeness (QED) is 0.623. The van der Waals surface area contributed by atoms with Crippen LogP contribution in [0.5, 0.6) is 5.75 Å². The van der Waals surface area contributed by atoms with Crippen LogP contribution in [0.25, 0.3) is 0 Å². The van der Waals surface area contributed by atoms with Crippen LogP contribution >= 0.6 is 0 Å². The highest BCUT2D eigenvalue weighted by Crippen LogP contribution is 2.31. The van der Waals surface area contributed by atoms with E-state index in [1.54, 1.807) is 24.3 Å². The number of halogens is 1. The average Bonchev–Trinajstić information content (AvgIpc) is 3.11. The molecule has 0 amide bonds. The fraction of sp³-hybridized carbons (Fsp3) is 0.455. The molecule has 0 radical (unpaired) electrons. The van der Waals surface area contributed by atoms with Gasteiger partial charge in [-0.15, -0.1) is 0 Å². The van der Waals surface area contributed by atoms with Crippen molar-refractivity contribution in [3.63, 3.8) is 0 Å². The third-order valence-electron chi connectivity index (χ3n) is 6.11. The minimum atomic E-state index is -3.84. The first-order valence-electron chi connectivity index (χ1n) is 10.6. The zero-order chi connectivity index (χ0) is 22.9. The van der Waals surface area contributed by atoms with Crippen molar-refractivity contribution in [3.05, 3.63) is 54.3 Å². The Balaban J connectivity index is 1.52. The Morgan fingerprint density at radius 2 is 1.59 bits per heavy atom. The van der Waals surface area contributed by atoms with Gasteiger partial charge < -0.3 is 9.64 Å². The molecule has 0 N–H and O–H groups in total. The number of sulfone groups is 2. The molecule has 2 aliphatic heterocycles. The summed E-state index contributed by atoms with van der Waals surface area (Å²) < 4.78 is 70.3. The lowest BCUT2D eigenvalue weighted by Crippen LogP contribution is -2.55. The Hall–Kier alpha value is -2.17. The van der Waals surface area contributed by atoms with E-state index in [9.17, 15) is 21.2 Å². The molecule has 0 aromatic heterocycles. The molecule has 0 unspecified atom stereocenters. The van der Waals surface area contributed by atoms with Gasteiger partial charge in [0.05, 0.1) is 28.3 Å². The summed E-state index contributed by atoms with van der Waals surface area (Å²) in [5.74, 6) is -0.264. The van der Waals surface area contributed by atoms with Crippen LogP contribution < -0.4 is 9.64 Å². The van der Waals surface area contributed by atoms with Crippen molar-refractivity contribution in [2.45, 2.75) is 23.1 Å². The maximum atomic E-state index is 13.4.